The molecule has 18 heavy (non-hydrogen) atoms. The van der Waals surface area contributed by atoms with Gasteiger partial charge < -0.3 is 15.3 Å². The van der Waals surface area contributed by atoms with E-state index in [1.54, 1.807) is 0 Å². The predicted molar refractivity (Wildman–Crippen MR) is 74.8 cm³/mol. The minimum atomic E-state index is 0.261. The van der Waals surface area contributed by atoms with Crippen LogP contribution in [0.3, 0.4) is 0 Å². The summed E-state index contributed by atoms with van der Waals surface area (Å²) in [5.74, 6) is 0. The summed E-state index contributed by atoms with van der Waals surface area (Å²) in [7, 11) is 0. The third-order valence-corrected chi connectivity index (χ3v) is 4.39. The van der Waals surface area contributed by atoms with Crippen molar-refractivity contribution in [1.82, 2.24) is 15.1 Å². The van der Waals surface area contributed by atoms with Gasteiger partial charge in [-0.3, -0.25) is 4.90 Å². The van der Waals surface area contributed by atoms with Gasteiger partial charge in [-0.15, -0.1) is 0 Å². The number of hydrogen-bond acceptors (Lipinski definition) is 4. The molecule has 2 atom stereocenters. The fourth-order valence-electron chi connectivity index (χ4n) is 3.37. The van der Waals surface area contributed by atoms with Crippen molar-refractivity contribution in [2.75, 3.05) is 45.9 Å². The molecular formula is C14H29N3O. The number of likely N-dealkylation sites (N-methyl/N-ethyl adjacent to an activating group) is 1. The van der Waals surface area contributed by atoms with Gasteiger partial charge in [0.25, 0.3) is 0 Å². The first kappa shape index (κ1) is 14.3. The van der Waals surface area contributed by atoms with Gasteiger partial charge in [-0.2, -0.15) is 0 Å². The minimum absolute atomic E-state index is 0.261. The highest BCUT2D eigenvalue weighted by molar-refractivity contribution is 4.85. The van der Waals surface area contributed by atoms with E-state index in [2.05, 4.69) is 22.0 Å². The van der Waals surface area contributed by atoms with Crippen molar-refractivity contribution in [1.29, 1.82) is 0 Å². The Morgan fingerprint density at radius 1 is 1.28 bits per heavy atom. The van der Waals surface area contributed by atoms with Gasteiger partial charge >= 0.3 is 0 Å². The lowest BCUT2D eigenvalue weighted by Crippen LogP contribution is -2.40. The van der Waals surface area contributed by atoms with E-state index in [0.29, 0.717) is 0 Å². The zero-order chi connectivity index (χ0) is 12.8. The standard InChI is InChI=1S/C14H29N3O/c1-2-15-13(12-18)6-10-16-7-4-9-17-8-3-5-14(17)11-16/h13-15,18H,2-12H2,1H3. The monoisotopic (exact) mass is 255 g/mol. The van der Waals surface area contributed by atoms with Crippen LogP contribution in [0, 0.1) is 0 Å². The van der Waals surface area contributed by atoms with E-state index in [4.69, 9.17) is 0 Å². The molecule has 0 spiro atoms. The summed E-state index contributed by atoms with van der Waals surface area (Å²) in [5, 5.41) is 12.6. The zero-order valence-electron chi connectivity index (χ0n) is 11.8. The van der Waals surface area contributed by atoms with Crippen LogP contribution >= 0.6 is 0 Å². The van der Waals surface area contributed by atoms with Gasteiger partial charge in [0.15, 0.2) is 0 Å². The van der Waals surface area contributed by atoms with Gasteiger partial charge in [0, 0.05) is 18.6 Å². The van der Waals surface area contributed by atoms with Gasteiger partial charge in [-0.25, -0.2) is 0 Å². The molecule has 0 saturated carbocycles. The molecule has 0 aromatic rings. The van der Waals surface area contributed by atoms with E-state index in [-0.39, 0.29) is 12.6 Å². The van der Waals surface area contributed by atoms with Crippen LogP contribution in [0.5, 0.6) is 0 Å². The van der Waals surface area contributed by atoms with Crippen LogP contribution in [0.4, 0.5) is 0 Å². The van der Waals surface area contributed by atoms with Gasteiger partial charge in [0.1, 0.15) is 0 Å². The summed E-state index contributed by atoms with van der Waals surface area (Å²) in [6.45, 7) is 9.51. The van der Waals surface area contributed by atoms with Crippen LogP contribution in [0.2, 0.25) is 0 Å². The molecule has 0 aliphatic carbocycles. The Morgan fingerprint density at radius 3 is 2.89 bits per heavy atom. The molecule has 4 nitrogen and oxygen atoms in total. The molecule has 2 fully saturated rings. The van der Waals surface area contributed by atoms with E-state index in [0.717, 1.165) is 25.6 Å². The second-order valence-corrected chi connectivity index (χ2v) is 5.71. The van der Waals surface area contributed by atoms with Crippen molar-refractivity contribution in [2.45, 2.75) is 44.7 Å². The van der Waals surface area contributed by atoms with Crippen LogP contribution in [0.1, 0.15) is 32.6 Å². The van der Waals surface area contributed by atoms with Crippen molar-refractivity contribution >= 4 is 0 Å². The summed E-state index contributed by atoms with van der Waals surface area (Å²) >= 11 is 0. The number of nitrogens with zero attached hydrogens (tertiary/aromatic N) is 2. The molecule has 2 heterocycles. The molecule has 2 rings (SSSR count). The molecule has 2 N–H and O–H groups in total. The zero-order valence-corrected chi connectivity index (χ0v) is 11.8. The second-order valence-electron chi connectivity index (χ2n) is 5.71. The number of nitrogens with one attached hydrogen (secondary N) is 1. The third kappa shape index (κ3) is 3.92. The van der Waals surface area contributed by atoms with Crippen molar-refractivity contribution in [2.24, 2.45) is 0 Å². The Hall–Kier alpha value is -0.160. The number of hydrogen-bond donors (Lipinski definition) is 2. The van der Waals surface area contributed by atoms with Crippen molar-refractivity contribution in [3.8, 4) is 0 Å². The van der Waals surface area contributed by atoms with Crippen LogP contribution in [-0.2, 0) is 0 Å². The second kappa shape index (κ2) is 7.43. The number of rotatable bonds is 6. The number of fused-ring (bicyclic) bond motifs is 1. The quantitative estimate of drug-likeness (QED) is 0.726. The summed E-state index contributed by atoms with van der Waals surface area (Å²) in [4.78, 5) is 5.28. The molecule has 0 amide bonds. The molecule has 2 saturated heterocycles. The fraction of sp³-hybridized carbons (Fsp3) is 1.00. The number of aliphatic hydroxyl groups is 1. The summed E-state index contributed by atoms with van der Waals surface area (Å²) in [6.07, 6.45) is 5.14. The number of aliphatic hydroxyl groups excluding tert-OH is 1. The Kier molecular flexibility index (Phi) is 5.89. The molecule has 2 unspecified atom stereocenters. The molecule has 0 aromatic heterocycles. The Morgan fingerprint density at radius 2 is 2.11 bits per heavy atom. The fourth-order valence-corrected chi connectivity index (χ4v) is 3.37. The summed E-state index contributed by atoms with van der Waals surface area (Å²) in [6, 6.07) is 1.08. The molecule has 106 valence electrons. The van der Waals surface area contributed by atoms with Crippen LogP contribution in [0.25, 0.3) is 0 Å². The van der Waals surface area contributed by atoms with Crippen molar-refractivity contribution in [3.05, 3.63) is 0 Å². The Labute approximate surface area is 111 Å². The van der Waals surface area contributed by atoms with Gasteiger partial charge in [-0.1, -0.05) is 6.92 Å². The van der Waals surface area contributed by atoms with Gasteiger partial charge in [-0.05, 0) is 58.4 Å². The topological polar surface area (TPSA) is 38.7 Å². The highest BCUT2D eigenvalue weighted by atomic mass is 16.3. The first-order valence-corrected chi connectivity index (χ1v) is 7.64. The third-order valence-electron chi connectivity index (χ3n) is 4.39. The van der Waals surface area contributed by atoms with Gasteiger partial charge in [0.05, 0.1) is 6.61 Å². The molecule has 0 bridgehead atoms. The first-order valence-electron chi connectivity index (χ1n) is 7.64. The molecule has 0 aromatic carbocycles. The maximum Gasteiger partial charge on any atom is 0.0585 e. The van der Waals surface area contributed by atoms with E-state index >= 15 is 0 Å². The largest absolute Gasteiger partial charge is 0.395 e. The summed E-state index contributed by atoms with van der Waals surface area (Å²) < 4.78 is 0. The molecule has 2 aliphatic heterocycles. The highest BCUT2D eigenvalue weighted by Gasteiger charge is 2.28. The molecule has 0 radical (unpaired) electrons. The molecule has 4 heteroatoms. The smallest absolute Gasteiger partial charge is 0.0585 e. The lowest BCUT2D eigenvalue weighted by atomic mass is 10.1. The Bertz CT molecular complexity index is 237. The van der Waals surface area contributed by atoms with Crippen LogP contribution in [0.15, 0.2) is 0 Å². The lowest BCUT2D eigenvalue weighted by Gasteiger charge is -2.27. The van der Waals surface area contributed by atoms with E-state index in [1.165, 1.54) is 45.4 Å². The van der Waals surface area contributed by atoms with Crippen molar-refractivity contribution in [3.63, 3.8) is 0 Å². The maximum atomic E-state index is 9.30. The maximum absolute atomic E-state index is 9.30. The van der Waals surface area contributed by atoms with Gasteiger partial charge in [0.2, 0.25) is 0 Å². The summed E-state index contributed by atoms with van der Waals surface area (Å²) in [5.41, 5.74) is 0. The molecule has 2 aliphatic rings. The Balaban J connectivity index is 1.74. The first-order chi connectivity index (χ1) is 8.83. The molecular weight excluding hydrogens is 226 g/mol. The van der Waals surface area contributed by atoms with Crippen LogP contribution in [-0.4, -0.2) is 72.9 Å². The lowest BCUT2D eigenvalue weighted by molar-refractivity contribution is 0.192. The average molecular weight is 255 g/mol. The van der Waals surface area contributed by atoms with E-state index < -0.39 is 0 Å². The average Bonchev–Trinajstić information content (AvgIpc) is 2.73. The van der Waals surface area contributed by atoms with Crippen molar-refractivity contribution < 1.29 is 5.11 Å². The minimum Gasteiger partial charge on any atom is -0.395 e. The SMILES string of the molecule is CCNC(CO)CCN1CCCN2CCCC2C1. The highest BCUT2D eigenvalue weighted by Crippen LogP contribution is 2.21. The predicted octanol–water partition coefficient (Wildman–Crippen LogP) is 0.517. The normalized spacial score (nSPS) is 28.0. The van der Waals surface area contributed by atoms with E-state index in [1.807, 2.05) is 0 Å². The van der Waals surface area contributed by atoms with Crippen LogP contribution < -0.4 is 5.32 Å². The van der Waals surface area contributed by atoms with E-state index in [9.17, 15) is 5.11 Å².